The maximum atomic E-state index is 12.7. The van der Waals surface area contributed by atoms with Gasteiger partial charge in [0.05, 0.1) is 0 Å². The SMILES string of the molecule is CCc1ccc(-c2ccc(F)cc2)cc1.CS(=O)(=O)c1cc2cc(Br)ccc2[nH]1. The summed E-state index contributed by atoms with van der Waals surface area (Å²) in [5.74, 6) is -0.191. The number of sulfone groups is 1. The zero-order valence-corrected chi connectivity index (χ0v) is 18.5. The van der Waals surface area contributed by atoms with Crippen molar-refractivity contribution in [2.45, 2.75) is 18.4 Å². The van der Waals surface area contributed by atoms with Gasteiger partial charge in [-0.15, -0.1) is 0 Å². The minimum atomic E-state index is -3.15. The first-order chi connectivity index (χ1) is 13.8. The van der Waals surface area contributed by atoms with Crippen molar-refractivity contribution in [2.75, 3.05) is 6.26 Å². The molecule has 0 fully saturated rings. The number of hydrogen-bond donors (Lipinski definition) is 1. The summed E-state index contributed by atoms with van der Waals surface area (Å²) < 4.78 is 36.1. The molecule has 0 saturated carbocycles. The van der Waals surface area contributed by atoms with Crippen LogP contribution in [0.5, 0.6) is 0 Å². The third kappa shape index (κ3) is 5.55. The average Bonchev–Trinajstić information content (AvgIpc) is 3.13. The van der Waals surface area contributed by atoms with E-state index < -0.39 is 9.84 Å². The van der Waals surface area contributed by atoms with Crippen LogP contribution < -0.4 is 0 Å². The summed E-state index contributed by atoms with van der Waals surface area (Å²) in [5, 5.41) is 1.14. The lowest BCUT2D eigenvalue weighted by molar-refractivity contribution is 0.599. The summed E-state index contributed by atoms with van der Waals surface area (Å²) in [7, 11) is -3.15. The van der Waals surface area contributed by atoms with Crippen molar-refractivity contribution in [3.05, 3.63) is 88.6 Å². The molecule has 3 nitrogen and oxygen atoms in total. The molecule has 0 aliphatic rings. The summed E-state index contributed by atoms with van der Waals surface area (Å²) in [6.07, 6.45) is 2.23. The van der Waals surface area contributed by atoms with Gasteiger partial charge in [-0.2, -0.15) is 0 Å². The van der Waals surface area contributed by atoms with Crippen LogP contribution >= 0.6 is 15.9 Å². The van der Waals surface area contributed by atoms with Crippen LogP contribution in [0, 0.1) is 5.82 Å². The third-order valence-corrected chi connectivity index (χ3v) is 6.01. The van der Waals surface area contributed by atoms with Crippen molar-refractivity contribution >= 4 is 36.7 Å². The number of halogens is 2. The summed E-state index contributed by atoms with van der Waals surface area (Å²) in [4.78, 5) is 2.85. The smallest absolute Gasteiger partial charge is 0.190 e. The fourth-order valence-corrected chi connectivity index (χ4v) is 3.87. The van der Waals surface area contributed by atoms with Crippen molar-refractivity contribution in [3.63, 3.8) is 0 Å². The number of aromatic amines is 1. The highest BCUT2D eigenvalue weighted by molar-refractivity contribution is 9.10. The Balaban J connectivity index is 0.000000166. The Labute approximate surface area is 178 Å². The first-order valence-corrected chi connectivity index (χ1v) is 11.8. The topological polar surface area (TPSA) is 49.9 Å². The van der Waals surface area contributed by atoms with Crippen LogP contribution in [0.2, 0.25) is 0 Å². The predicted octanol–water partition coefficient (Wildman–Crippen LogP) is 6.39. The maximum absolute atomic E-state index is 12.7. The summed E-state index contributed by atoms with van der Waals surface area (Å²) >= 11 is 3.33. The van der Waals surface area contributed by atoms with Gasteiger partial charge in [-0.1, -0.05) is 59.3 Å². The second-order valence-electron chi connectivity index (χ2n) is 6.69. The van der Waals surface area contributed by atoms with Crippen molar-refractivity contribution in [1.82, 2.24) is 4.98 Å². The molecule has 3 aromatic carbocycles. The van der Waals surface area contributed by atoms with Crippen molar-refractivity contribution in [3.8, 4) is 11.1 Å². The Hall–Kier alpha value is -2.44. The van der Waals surface area contributed by atoms with Gasteiger partial charge >= 0.3 is 0 Å². The van der Waals surface area contributed by atoms with E-state index in [0.29, 0.717) is 0 Å². The summed E-state index contributed by atoms with van der Waals surface area (Å²) in [5.41, 5.74) is 4.33. The van der Waals surface area contributed by atoms with Crippen LogP contribution in [0.1, 0.15) is 12.5 Å². The monoisotopic (exact) mass is 473 g/mol. The molecule has 4 aromatic rings. The Morgan fingerprint density at radius 1 is 0.897 bits per heavy atom. The maximum Gasteiger partial charge on any atom is 0.190 e. The lowest BCUT2D eigenvalue weighted by Gasteiger charge is -2.02. The minimum Gasteiger partial charge on any atom is -0.346 e. The van der Waals surface area contributed by atoms with E-state index in [0.717, 1.165) is 32.9 Å². The van der Waals surface area contributed by atoms with Gasteiger partial charge in [0, 0.05) is 21.6 Å². The first-order valence-electron chi connectivity index (χ1n) is 9.09. The number of H-pyrrole nitrogens is 1. The Kier molecular flexibility index (Phi) is 6.55. The molecule has 1 aromatic heterocycles. The van der Waals surface area contributed by atoms with Gasteiger partial charge in [0.1, 0.15) is 10.8 Å². The second kappa shape index (κ2) is 8.93. The summed E-state index contributed by atoms with van der Waals surface area (Å²) in [6, 6.07) is 22.2. The molecule has 1 N–H and O–H groups in total. The Morgan fingerprint density at radius 2 is 1.48 bits per heavy atom. The van der Waals surface area contributed by atoms with Gasteiger partial charge in [-0.05, 0) is 59.5 Å². The van der Waals surface area contributed by atoms with E-state index in [1.165, 1.54) is 24.0 Å². The Morgan fingerprint density at radius 3 is 2.03 bits per heavy atom. The van der Waals surface area contributed by atoms with Crippen LogP contribution in [0.4, 0.5) is 4.39 Å². The van der Waals surface area contributed by atoms with Gasteiger partial charge in [-0.25, -0.2) is 12.8 Å². The molecular formula is C23H21BrFNO2S. The molecule has 0 atom stereocenters. The number of fused-ring (bicyclic) bond motifs is 1. The van der Waals surface area contributed by atoms with Gasteiger partial charge in [0.25, 0.3) is 0 Å². The van der Waals surface area contributed by atoms with Gasteiger partial charge in [-0.3, -0.25) is 0 Å². The second-order valence-corrected chi connectivity index (χ2v) is 9.59. The van der Waals surface area contributed by atoms with E-state index in [9.17, 15) is 12.8 Å². The highest BCUT2D eigenvalue weighted by atomic mass is 79.9. The molecule has 0 radical (unpaired) electrons. The largest absolute Gasteiger partial charge is 0.346 e. The number of benzene rings is 3. The lowest BCUT2D eigenvalue weighted by Crippen LogP contribution is -1.96. The van der Waals surface area contributed by atoms with Crippen LogP contribution in [-0.2, 0) is 16.3 Å². The fraction of sp³-hybridized carbons (Fsp3) is 0.130. The summed E-state index contributed by atoms with van der Waals surface area (Å²) in [6.45, 7) is 2.13. The lowest BCUT2D eigenvalue weighted by atomic mass is 10.0. The van der Waals surface area contributed by atoms with Gasteiger partial charge < -0.3 is 4.98 Å². The molecule has 0 amide bonds. The van der Waals surface area contributed by atoms with Crippen molar-refractivity contribution < 1.29 is 12.8 Å². The zero-order chi connectivity index (χ0) is 21.0. The number of rotatable bonds is 3. The molecule has 29 heavy (non-hydrogen) atoms. The number of hydrogen-bond acceptors (Lipinski definition) is 2. The molecule has 0 saturated heterocycles. The van der Waals surface area contributed by atoms with Gasteiger partial charge in [0.2, 0.25) is 0 Å². The number of aromatic nitrogens is 1. The molecule has 6 heteroatoms. The van der Waals surface area contributed by atoms with Crippen molar-refractivity contribution in [2.24, 2.45) is 0 Å². The molecule has 0 spiro atoms. The van der Waals surface area contributed by atoms with E-state index in [1.807, 2.05) is 18.2 Å². The van der Waals surface area contributed by atoms with E-state index in [4.69, 9.17) is 0 Å². The predicted molar refractivity (Wildman–Crippen MR) is 120 cm³/mol. The normalized spacial score (nSPS) is 11.2. The zero-order valence-electron chi connectivity index (χ0n) is 16.1. The average molecular weight is 474 g/mol. The van der Waals surface area contributed by atoms with Crippen LogP contribution in [0.25, 0.3) is 22.0 Å². The van der Waals surface area contributed by atoms with Crippen molar-refractivity contribution in [1.29, 1.82) is 0 Å². The minimum absolute atomic E-state index is 0.191. The molecule has 1 heterocycles. The molecule has 0 bridgehead atoms. The Bertz CT molecular complexity index is 1210. The van der Waals surface area contributed by atoms with E-state index >= 15 is 0 Å². The quantitative estimate of drug-likeness (QED) is 0.374. The van der Waals surface area contributed by atoms with Crippen LogP contribution in [-0.4, -0.2) is 19.7 Å². The molecule has 0 aliphatic carbocycles. The molecular weight excluding hydrogens is 453 g/mol. The number of nitrogens with one attached hydrogen (secondary N) is 1. The third-order valence-electron chi connectivity index (χ3n) is 4.50. The molecule has 0 unspecified atom stereocenters. The first kappa shape index (κ1) is 21.3. The number of aryl methyl sites for hydroxylation is 1. The van der Waals surface area contributed by atoms with E-state index in [1.54, 1.807) is 18.2 Å². The standard InChI is InChI=1S/C14H13F.C9H8BrNO2S/c1-2-11-3-5-12(6-4-11)13-7-9-14(15)10-8-13;1-14(12,13)9-5-6-4-7(10)2-3-8(6)11-9/h3-10H,2H2,1H3;2-5,11H,1H3. The molecule has 150 valence electrons. The molecule has 4 rings (SSSR count). The highest BCUT2D eigenvalue weighted by Crippen LogP contribution is 2.22. The molecule has 0 aliphatic heterocycles. The van der Waals surface area contributed by atoms with Crippen LogP contribution in [0.15, 0.2) is 82.3 Å². The van der Waals surface area contributed by atoms with Gasteiger partial charge in [0.15, 0.2) is 9.84 Å². The van der Waals surface area contributed by atoms with E-state index in [2.05, 4.69) is 52.1 Å². The highest BCUT2D eigenvalue weighted by Gasteiger charge is 2.10. The fourth-order valence-electron chi connectivity index (χ4n) is 2.85. The van der Waals surface area contributed by atoms with Crippen LogP contribution in [0.3, 0.4) is 0 Å². The van der Waals surface area contributed by atoms with E-state index in [-0.39, 0.29) is 10.8 Å².